The van der Waals surface area contributed by atoms with Gasteiger partial charge in [0.05, 0.1) is 4.92 Å². The van der Waals surface area contributed by atoms with E-state index in [9.17, 15) is 10.1 Å². The molecule has 1 unspecified atom stereocenters. The molecule has 1 aromatic carbocycles. The van der Waals surface area contributed by atoms with Crippen molar-refractivity contribution in [1.82, 2.24) is 5.32 Å². The summed E-state index contributed by atoms with van der Waals surface area (Å²) < 4.78 is 0.863. The minimum atomic E-state index is -0.339. The molecule has 1 rings (SSSR count). The molecule has 4 nitrogen and oxygen atoms in total. The molecule has 0 radical (unpaired) electrons. The fourth-order valence-electron chi connectivity index (χ4n) is 1.67. The maximum Gasteiger partial charge on any atom is 0.273 e. The summed E-state index contributed by atoms with van der Waals surface area (Å²) in [7, 11) is 0. The van der Waals surface area contributed by atoms with Crippen LogP contribution >= 0.6 is 27.7 Å². The number of nitro benzene ring substituents is 1. The van der Waals surface area contributed by atoms with E-state index in [0.717, 1.165) is 16.8 Å². The number of nitrogens with zero attached hydrogens (tertiary/aromatic N) is 1. The number of benzene rings is 1. The molecule has 100 valence electrons. The van der Waals surface area contributed by atoms with Crippen LogP contribution in [0.3, 0.4) is 0 Å². The molecule has 0 saturated carbocycles. The zero-order chi connectivity index (χ0) is 13.5. The Labute approximate surface area is 120 Å². The number of rotatable bonds is 7. The first-order chi connectivity index (χ1) is 8.54. The van der Waals surface area contributed by atoms with Gasteiger partial charge in [0.25, 0.3) is 5.69 Å². The topological polar surface area (TPSA) is 55.2 Å². The van der Waals surface area contributed by atoms with Crippen molar-refractivity contribution in [3.05, 3.63) is 38.3 Å². The normalized spacial score (nSPS) is 12.4. The van der Waals surface area contributed by atoms with Gasteiger partial charge in [-0.1, -0.05) is 22.9 Å². The monoisotopic (exact) mass is 332 g/mol. The number of hydrogen-bond acceptors (Lipinski definition) is 4. The molecule has 0 bridgehead atoms. The fraction of sp³-hybridized carbons (Fsp3) is 0.500. The van der Waals surface area contributed by atoms with Crippen LogP contribution in [0.1, 0.15) is 12.5 Å². The maximum absolute atomic E-state index is 10.9. The Hall–Kier alpha value is -0.590. The van der Waals surface area contributed by atoms with Crippen molar-refractivity contribution >= 4 is 33.4 Å². The molecular formula is C12H17BrN2O2S. The summed E-state index contributed by atoms with van der Waals surface area (Å²) in [5, 5.41) is 14.2. The molecule has 0 amide bonds. The molecular weight excluding hydrogens is 316 g/mol. The predicted octanol–water partition coefficient (Wildman–Crippen LogP) is 3.45. The van der Waals surface area contributed by atoms with Crippen LogP contribution in [-0.2, 0) is 6.54 Å². The van der Waals surface area contributed by atoms with Gasteiger partial charge in [0.2, 0.25) is 0 Å². The Kier molecular flexibility index (Phi) is 6.67. The van der Waals surface area contributed by atoms with Gasteiger partial charge in [-0.2, -0.15) is 11.8 Å². The van der Waals surface area contributed by atoms with Crippen LogP contribution in [-0.4, -0.2) is 23.5 Å². The van der Waals surface area contributed by atoms with Crippen LogP contribution < -0.4 is 5.32 Å². The first kappa shape index (κ1) is 15.5. The lowest BCUT2D eigenvalue weighted by molar-refractivity contribution is -0.385. The predicted molar refractivity (Wildman–Crippen MR) is 80.0 cm³/mol. The van der Waals surface area contributed by atoms with Crippen molar-refractivity contribution in [3.8, 4) is 0 Å². The van der Waals surface area contributed by atoms with Gasteiger partial charge in [-0.25, -0.2) is 0 Å². The van der Waals surface area contributed by atoms with E-state index in [0.29, 0.717) is 18.0 Å². The molecule has 0 spiro atoms. The lowest BCUT2D eigenvalue weighted by atomic mass is 10.1. The second-order valence-corrected chi connectivity index (χ2v) is 6.05. The lowest BCUT2D eigenvalue weighted by Gasteiger charge is -2.11. The van der Waals surface area contributed by atoms with Gasteiger partial charge >= 0.3 is 0 Å². The third kappa shape index (κ3) is 4.96. The Bertz CT molecular complexity index is 415. The summed E-state index contributed by atoms with van der Waals surface area (Å²) in [5.41, 5.74) is 0.883. The molecule has 1 N–H and O–H groups in total. The number of nitrogens with one attached hydrogen (secondary N) is 1. The van der Waals surface area contributed by atoms with E-state index in [-0.39, 0.29) is 10.6 Å². The van der Waals surface area contributed by atoms with Gasteiger partial charge in [0, 0.05) is 22.6 Å². The summed E-state index contributed by atoms with van der Waals surface area (Å²) >= 11 is 5.15. The van der Waals surface area contributed by atoms with Crippen molar-refractivity contribution in [3.63, 3.8) is 0 Å². The molecule has 1 aromatic rings. The van der Waals surface area contributed by atoms with E-state index in [1.807, 2.05) is 11.8 Å². The van der Waals surface area contributed by atoms with E-state index < -0.39 is 0 Å². The Morgan fingerprint density at radius 3 is 2.89 bits per heavy atom. The smallest absolute Gasteiger partial charge is 0.273 e. The summed E-state index contributed by atoms with van der Waals surface area (Å²) in [6.45, 7) is 3.55. The lowest BCUT2D eigenvalue weighted by Crippen LogP contribution is -2.22. The van der Waals surface area contributed by atoms with E-state index in [1.165, 1.54) is 6.07 Å². The second-order valence-electron chi connectivity index (χ2n) is 4.22. The zero-order valence-electron chi connectivity index (χ0n) is 10.5. The maximum atomic E-state index is 10.9. The summed E-state index contributed by atoms with van der Waals surface area (Å²) in [6, 6.07) is 5.02. The van der Waals surface area contributed by atoms with Crippen LogP contribution in [0.25, 0.3) is 0 Å². The van der Waals surface area contributed by atoms with Crippen LogP contribution in [0.4, 0.5) is 5.69 Å². The highest BCUT2D eigenvalue weighted by atomic mass is 79.9. The number of thioether (sulfide) groups is 1. The minimum Gasteiger partial charge on any atom is -0.312 e. The molecule has 0 fully saturated rings. The Balaban J connectivity index is 2.60. The van der Waals surface area contributed by atoms with Crippen LogP contribution in [0.15, 0.2) is 22.7 Å². The van der Waals surface area contributed by atoms with Crippen LogP contribution in [0, 0.1) is 16.0 Å². The SMILES string of the molecule is CSCC(C)CNCc1cc(Br)ccc1[N+](=O)[O-]. The van der Waals surface area contributed by atoms with E-state index in [1.54, 1.807) is 12.1 Å². The van der Waals surface area contributed by atoms with Crippen LogP contribution in [0.5, 0.6) is 0 Å². The highest BCUT2D eigenvalue weighted by Crippen LogP contribution is 2.22. The van der Waals surface area contributed by atoms with Crippen molar-refractivity contribution in [2.45, 2.75) is 13.5 Å². The number of hydrogen-bond donors (Lipinski definition) is 1. The Morgan fingerprint density at radius 1 is 1.56 bits per heavy atom. The second kappa shape index (κ2) is 7.76. The molecule has 6 heteroatoms. The quantitative estimate of drug-likeness (QED) is 0.613. The highest BCUT2D eigenvalue weighted by Gasteiger charge is 2.13. The van der Waals surface area contributed by atoms with Gasteiger partial charge in [-0.05, 0) is 36.6 Å². The van der Waals surface area contributed by atoms with E-state index >= 15 is 0 Å². The first-order valence-corrected chi connectivity index (χ1v) is 7.85. The van der Waals surface area contributed by atoms with Gasteiger partial charge in [0.1, 0.15) is 0 Å². The molecule has 0 aliphatic rings. The number of nitro groups is 1. The Morgan fingerprint density at radius 2 is 2.28 bits per heavy atom. The molecule has 0 saturated heterocycles. The average Bonchev–Trinajstić information content (AvgIpc) is 2.29. The van der Waals surface area contributed by atoms with Crippen LogP contribution in [0.2, 0.25) is 0 Å². The summed E-state index contributed by atoms with van der Waals surface area (Å²) in [4.78, 5) is 10.6. The largest absolute Gasteiger partial charge is 0.312 e. The molecule has 0 aromatic heterocycles. The van der Waals surface area contributed by atoms with Gasteiger partial charge in [-0.15, -0.1) is 0 Å². The summed E-state index contributed by atoms with van der Waals surface area (Å²) in [6.07, 6.45) is 2.08. The molecule has 18 heavy (non-hydrogen) atoms. The fourth-order valence-corrected chi connectivity index (χ4v) is 2.77. The van der Waals surface area contributed by atoms with Crippen molar-refractivity contribution < 1.29 is 4.92 Å². The van der Waals surface area contributed by atoms with Crippen molar-refractivity contribution in [2.24, 2.45) is 5.92 Å². The van der Waals surface area contributed by atoms with Crippen molar-refractivity contribution in [2.75, 3.05) is 18.6 Å². The van der Waals surface area contributed by atoms with E-state index in [2.05, 4.69) is 34.4 Å². The molecule has 0 aliphatic carbocycles. The van der Waals surface area contributed by atoms with Gasteiger partial charge < -0.3 is 5.32 Å². The third-order valence-electron chi connectivity index (χ3n) is 2.50. The molecule has 0 aliphatic heterocycles. The zero-order valence-corrected chi connectivity index (χ0v) is 12.9. The molecule has 0 heterocycles. The standard InChI is InChI=1S/C12H17BrN2O2S/c1-9(8-18-2)6-14-7-10-5-11(13)3-4-12(10)15(16)17/h3-5,9,14H,6-8H2,1-2H3. The average molecular weight is 333 g/mol. The first-order valence-electron chi connectivity index (χ1n) is 5.67. The third-order valence-corrected chi connectivity index (χ3v) is 3.89. The van der Waals surface area contributed by atoms with Gasteiger partial charge in [-0.3, -0.25) is 10.1 Å². The van der Waals surface area contributed by atoms with Crippen molar-refractivity contribution in [1.29, 1.82) is 0 Å². The highest BCUT2D eigenvalue weighted by molar-refractivity contribution is 9.10. The van der Waals surface area contributed by atoms with Gasteiger partial charge in [0.15, 0.2) is 0 Å². The summed E-state index contributed by atoms with van der Waals surface area (Å²) in [5.74, 6) is 1.65. The number of halogens is 1. The van der Waals surface area contributed by atoms with E-state index in [4.69, 9.17) is 0 Å². The molecule has 1 atom stereocenters. The minimum absolute atomic E-state index is 0.170.